The molecule has 0 atom stereocenters. The van der Waals surface area contributed by atoms with E-state index < -0.39 is 0 Å². The Hall–Kier alpha value is -1.39. The third-order valence-corrected chi connectivity index (χ3v) is 5.79. The molecule has 0 spiro atoms. The van der Waals surface area contributed by atoms with Crippen LogP contribution < -0.4 is 15.5 Å². The third kappa shape index (κ3) is 9.23. The van der Waals surface area contributed by atoms with E-state index in [1.54, 1.807) is 0 Å². The van der Waals surface area contributed by atoms with E-state index in [-0.39, 0.29) is 29.9 Å². The molecule has 180 valence electrons. The third-order valence-electron chi connectivity index (χ3n) is 5.79. The Bertz CT molecular complexity index is 693. The molecule has 2 N–H and O–H groups in total. The van der Waals surface area contributed by atoms with E-state index in [9.17, 15) is 4.79 Å². The topological polar surface area (TPSA) is 75.2 Å². The van der Waals surface area contributed by atoms with Gasteiger partial charge in [-0.2, -0.15) is 0 Å². The molecular formula is C24H39IN4O3. The van der Waals surface area contributed by atoms with Crippen molar-refractivity contribution < 1.29 is 14.3 Å². The molecule has 0 saturated carbocycles. The van der Waals surface area contributed by atoms with E-state index in [2.05, 4.69) is 29.7 Å². The molecule has 2 heterocycles. The zero-order valence-corrected chi connectivity index (χ0v) is 21.6. The summed E-state index contributed by atoms with van der Waals surface area (Å²) in [6, 6.07) is 8.19. The molecule has 8 heteroatoms. The maximum absolute atomic E-state index is 12.1. The van der Waals surface area contributed by atoms with E-state index in [4.69, 9.17) is 14.5 Å². The minimum Gasteiger partial charge on any atom is -0.381 e. The normalized spacial score (nSPS) is 17.7. The molecule has 1 aromatic rings. The van der Waals surface area contributed by atoms with Crippen LogP contribution in [0, 0.1) is 5.92 Å². The number of anilines is 1. The molecule has 7 nitrogen and oxygen atoms in total. The standard InChI is InChI=1S/C24H38N4O3.HI/c1-2-25-24(26-13-5-15-31-19-21-11-16-30-17-12-21)27-18-20-7-9-22(10-8-20)28-14-4-3-6-23(28)29;/h7-10,21H,2-6,11-19H2,1H3,(H2,25,26,27);1H. The van der Waals surface area contributed by atoms with Crippen LogP contribution in [-0.2, 0) is 20.8 Å². The largest absolute Gasteiger partial charge is 0.381 e. The maximum atomic E-state index is 12.1. The molecule has 0 aromatic heterocycles. The summed E-state index contributed by atoms with van der Waals surface area (Å²) >= 11 is 0. The quantitative estimate of drug-likeness (QED) is 0.198. The number of carbonyl (C=O) groups excluding carboxylic acids is 1. The number of carbonyl (C=O) groups is 1. The Labute approximate surface area is 209 Å². The van der Waals surface area contributed by atoms with E-state index >= 15 is 0 Å². The van der Waals surface area contributed by atoms with Crippen LogP contribution in [0.15, 0.2) is 29.3 Å². The summed E-state index contributed by atoms with van der Waals surface area (Å²) in [5.41, 5.74) is 2.12. The average Bonchev–Trinajstić information content (AvgIpc) is 2.81. The molecule has 2 aliphatic rings. The number of benzene rings is 1. The van der Waals surface area contributed by atoms with Crippen molar-refractivity contribution in [1.82, 2.24) is 10.6 Å². The summed E-state index contributed by atoms with van der Waals surface area (Å²) < 4.78 is 11.2. The number of aliphatic imine (C=N–C) groups is 1. The van der Waals surface area contributed by atoms with Gasteiger partial charge in [-0.05, 0) is 62.6 Å². The van der Waals surface area contributed by atoms with Crippen molar-refractivity contribution in [3.05, 3.63) is 29.8 Å². The van der Waals surface area contributed by atoms with Gasteiger partial charge in [-0.1, -0.05) is 12.1 Å². The molecule has 0 unspecified atom stereocenters. The molecule has 0 bridgehead atoms. The van der Waals surface area contributed by atoms with Crippen LogP contribution in [0.3, 0.4) is 0 Å². The predicted octanol–water partition coefficient (Wildman–Crippen LogP) is 3.71. The van der Waals surface area contributed by atoms with Gasteiger partial charge >= 0.3 is 0 Å². The van der Waals surface area contributed by atoms with Gasteiger partial charge in [0.2, 0.25) is 5.91 Å². The minimum atomic E-state index is 0. The van der Waals surface area contributed by atoms with Crippen molar-refractivity contribution in [1.29, 1.82) is 0 Å². The van der Waals surface area contributed by atoms with Gasteiger partial charge in [0.25, 0.3) is 0 Å². The monoisotopic (exact) mass is 558 g/mol. The van der Waals surface area contributed by atoms with E-state index in [1.165, 1.54) is 0 Å². The number of hydrogen-bond donors (Lipinski definition) is 2. The van der Waals surface area contributed by atoms with Crippen LogP contribution >= 0.6 is 24.0 Å². The second kappa shape index (κ2) is 15.4. The van der Waals surface area contributed by atoms with Crippen LogP contribution in [0.25, 0.3) is 0 Å². The minimum absolute atomic E-state index is 0. The zero-order chi connectivity index (χ0) is 21.7. The van der Waals surface area contributed by atoms with Crippen LogP contribution in [0.5, 0.6) is 0 Å². The summed E-state index contributed by atoms with van der Waals surface area (Å²) in [6.45, 7) is 8.50. The first-order valence-electron chi connectivity index (χ1n) is 11.8. The number of amides is 1. The molecule has 2 saturated heterocycles. The van der Waals surface area contributed by atoms with E-state index in [0.29, 0.717) is 18.9 Å². The van der Waals surface area contributed by atoms with Crippen LogP contribution in [0.2, 0.25) is 0 Å². The molecule has 1 aromatic carbocycles. The van der Waals surface area contributed by atoms with Crippen molar-refractivity contribution in [3.8, 4) is 0 Å². The Morgan fingerprint density at radius 3 is 2.69 bits per heavy atom. The smallest absolute Gasteiger partial charge is 0.226 e. The highest BCUT2D eigenvalue weighted by Gasteiger charge is 2.19. The number of piperidine rings is 1. The molecule has 1 amide bonds. The number of ether oxygens (including phenoxy) is 2. The van der Waals surface area contributed by atoms with Gasteiger partial charge in [0, 0.05) is 58.2 Å². The molecule has 2 aliphatic heterocycles. The van der Waals surface area contributed by atoms with Gasteiger partial charge in [-0.15, -0.1) is 24.0 Å². The Balaban J connectivity index is 0.00000363. The predicted molar refractivity (Wildman–Crippen MR) is 140 cm³/mol. The number of hydrogen-bond acceptors (Lipinski definition) is 4. The summed E-state index contributed by atoms with van der Waals surface area (Å²) in [6.07, 6.45) is 5.92. The number of guanidine groups is 1. The summed E-state index contributed by atoms with van der Waals surface area (Å²) in [5, 5.41) is 6.68. The highest BCUT2D eigenvalue weighted by atomic mass is 127. The first kappa shape index (κ1) is 26.9. The maximum Gasteiger partial charge on any atom is 0.226 e. The lowest BCUT2D eigenvalue weighted by atomic mass is 10.0. The van der Waals surface area contributed by atoms with Crippen LogP contribution in [0.4, 0.5) is 5.69 Å². The van der Waals surface area contributed by atoms with Gasteiger partial charge in [-0.3, -0.25) is 4.79 Å². The van der Waals surface area contributed by atoms with Crippen LogP contribution in [-0.4, -0.2) is 57.9 Å². The van der Waals surface area contributed by atoms with E-state index in [0.717, 1.165) is 95.4 Å². The summed E-state index contributed by atoms with van der Waals surface area (Å²) in [5.74, 6) is 1.70. The fourth-order valence-corrected chi connectivity index (χ4v) is 3.92. The van der Waals surface area contributed by atoms with Gasteiger partial charge in [0.1, 0.15) is 0 Å². The fraction of sp³-hybridized carbons (Fsp3) is 0.667. The summed E-state index contributed by atoms with van der Waals surface area (Å²) in [7, 11) is 0. The second-order valence-corrected chi connectivity index (χ2v) is 8.28. The van der Waals surface area contributed by atoms with E-state index in [1.807, 2.05) is 17.0 Å². The Kier molecular flexibility index (Phi) is 13.0. The number of halogens is 1. The lowest BCUT2D eigenvalue weighted by Gasteiger charge is -2.26. The second-order valence-electron chi connectivity index (χ2n) is 8.28. The van der Waals surface area contributed by atoms with Crippen molar-refractivity contribution in [2.75, 3.05) is 51.0 Å². The van der Waals surface area contributed by atoms with Crippen LogP contribution in [0.1, 0.15) is 51.0 Å². The molecule has 3 rings (SSSR count). The Morgan fingerprint density at radius 2 is 1.97 bits per heavy atom. The Morgan fingerprint density at radius 1 is 1.19 bits per heavy atom. The molecule has 0 radical (unpaired) electrons. The number of rotatable bonds is 10. The van der Waals surface area contributed by atoms with Crippen molar-refractivity contribution in [2.24, 2.45) is 10.9 Å². The van der Waals surface area contributed by atoms with Gasteiger partial charge in [-0.25, -0.2) is 4.99 Å². The lowest BCUT2D eigenvalue weighted by Crippen LogP contribution is -2.38. The molecule has 32 heavy (non-hydrogen) atoms. The first-order chi connectivity index (χ1) is 15.3. The zero-order valence-electron chi connectivity index (χ0n) is 19.3. The van der Waals surface area contributed by atoms with Crippen molar-refractivity contribution in [2.45, 2.75) is 52.0 Å². The number of nitrogens with one attached hydrogen (secondary N) is 2. The van der Waals surface area contributed by atoms with Gasteiger partial charge in [0.15, 0.2) is 5.96 Å². The molecular weight excluding hydrogens is 519 g/mol. The number of nitrogens with zero attached hydrogens (tertiary/aromatic N) is 2. The molecule has 0 aliphatic carbocycles. The van der Waals surface area contributed by atoms with Gasteiger partial charge in [0.05, 0.1) is 6.54 Å². The molecule has 2 fully saturated rings. The SMILES string of the molecule is CCNC(=NCc1ccc(N2CCCCC2=O)cc1)NCCCOCC1CCOCC1.I. The lowest BCUT2D eigenvalue weighted by molar-refractivity contribution is -0.119. The first-order valence-corrected chi connectivity index (χ1v) is 11.8. The average molecular weight is 559 g/mol. The summed E-state index contributed by atoms with van der Waals surface area (Å²) in [4.78, 5) is 18.7. The fourth-order valence-electron chi connectivity index (χ4n) is 3.92. The van der Waals surface area contributed by atoms with Crippen molar-refractivity contribution in [3.63, 3.8) is 0 Å². The highest BCUT2D eigenvalue weighted by Crippen LogP contribution is 2.21. The van der Waals surface area contributed by atoms with Crippen molar-refractivity contribution >= 4 is 41.5 Å². The highest BCUT2D eigenvalue weighted by molar-refractivity contribution is 14.0. The van der Waals surface area contributed by atoms with Gasteiger partial charge < -0.3 is 25.0 Å².